The second-order valence-electron chi connectivity index (χ2n) is 8.74. The minimum Gasteiger partial charge on any atom is -0.489 e. The van der Waals surface area contributed by atoms with Crippen LogP contribution in [0.3, 0.4) is 0 Å². The van der Waals surface area contributed by atoms with Gasteiger partial charge in [0.05, 0.1) is 30.9 Å². The van der Waals surface area contributed by atoms with Gasteiger partial charge in [0.15, 0.2) is 0 Å². The summed E-state index contributed by atoms with van der Waals surface area (Å²) in [5.41, 5.74) is 2.75. The van der Waals surface area contributed by atoms with Gasteiger partial charge in [-0.15, -0.1) is 0 Å². The number of rotatable bonds is 13. The second-order valence-corrected chi connectivity index (χ2v) is 8.74. The summed E-state index contributed by atoms with van der Waals surface area (Å²) in [6.45, 7) is 6.40. The highest BCUT2D eigenvalue weighted by Crippen LogP contribution is 2.25. The van der Waals surface area contributed by atoms with Gasteiger partial charge in [-0.2, -0.15) is 0 Å². The van der Waals surface area contributed by atoms with Crippen LogP contribution in [0.5, 0.6) is 5.75 Å². The Hall–Kier alpha value is -3.12. The van der Waals surface area contributed by atoms with E-state index in [2.05, 4.69) is 13.0 Å². The number of carbonyl (C=O) groups excluding carboxylic acids is 2. The summed E-state index contributed by atoms with van der Waals surface area (Å²) in [6, 6.07) is 12.7. The number of carbonyl (C=O) groups is 2. The Bertz CT molecular complexity index is 1020. The van der Waals surface area contributed by atoms with Gasteiger partial charge < -0.3 is 19.3 Å². The zero-order valence-electron chi connectivity index (χ0n) is 21.6. The highest BCUT2D eigenvalue weighted by molar-refractivity contribution is 6.03. The van der Waals surface area contributed by atoms with Crippen LogP contribution in [0.4, 0.5) is 0 Å². The van der Waals surface area contributed by atoms with E-state index in [1.807, 2.05) is 38.1 Å². The van der Waals surface area contributed by atoms with Gasteiger partial charge in [0.25, 0.3) is 0 Å². The molecule has 0 spiro atoms. The van der Waals surface area contributed by atoms with Gasteiger partial charge in [0.1, 0.15) is 12.4 Å². The van der Waals surface area contributed by atoms with Gasteiger partial charge in [-0.3, -0.25) is 0 Å². The van der Waals surface area contributed by atoms with E-state index in [1.165, 1.54) is 19.8 Å². The molecular weight excluding hydrogens is 444 g/mol. The van der Waals surface area contributed by atoms with Crippen molar-refractivity contribution in [2.75, 3.05) is 14.2 Å². The molecule has 0 saturated carbocycles. The number of unbranched alkanes of at least 4 members (excludes halogenated alkanes) is 2. The van der Waals surface area contributed by atoms with E-state index in [9.17, 15) is 14.7 Å². The van der Waals surface area contributed by atoms with Crippen LogP contribution < -0.4 is 4.74 Å². The fraction of sp³-hybridized carbons (Fsp3) is 0.448. The van der Waals surface area contributed by atoms with E-state index >= 15 is 0 Å². The maximum atomic E-state index is 12.1. The van der Waals surface area contributed by atoms with Crippen LogP contribution in [-0.2, 0) is 16.1 Å². The monoisotopic (exact) mass is 482 g/mol. The lowest BCUT2D eigenvalue weighted by Gasteiger charge is -2.24. The Morgan fingerprint density at radius 1 is 0.943 bits per heavy atom. The minimum atomic E-state index is -0.607. The molecule has 0 fully saturated rings. The van der Waals surface area contributed by atoms with Crippen molar-refractivity contribution in [1.82, 2.24) is 0 Å². The molecule has 0 saturated heterocycles. The van der Waals surface area contributed by atoms with Gasteiger partial charge in [0.2, 0.25) is 0 Å². The van der Waals surface area contributed by atoms with Crippen molar-refractivity contribution in [2.45, 2.75) is 71.5 Å². The van der Waals surface area contributed by atoms with Gasteiger partial charge in [-0.05, 0) is 80.0 Å². The van der Waals surface area contributed by atoms with Crippen molar-refractivity contribution in [3.63, 3.8) is 0 Å². The minimum absolute atomic E-state index is 0.143. The molecule has 0 aromatic heterocycles. The molecule has 0 radical (unpaired) electrons. The summed E-state index contributed by atoms with van der Waals surface area (Å²) in [7, 11) is 2.53. The lowest BCUT2D eigenvalue weighted by atomic mass is 9.91. The zero-order chi connectivity index (χ0) is 25.8. The van der Waals surface area contributed by atoms with E-state index in [4.69, 9.17) is 14.2 Å². The average Bonchev–Trinajstić information content (AvgIpc) is 2.90. The molecule has 2 aromatic carbocycles. The summed E-state index contributed by atoms with van der Waals surface area (Å²) in [5, 5.41) is 10.4. The molecule has 0 heterocycles. The van der Waals surface area contributed by atoms with Crippen LogP contribution in [0.2, 0.25) is 0 Å². The Labute approximate surface area is 208 Å². The molecular formula is C29H38O6. The van der Waals surface area contributed by atoms with Crippen LogP contribution in [0.1, 0.15) is 91.1 Å². The van der Waals surface area contributed by atoms with Crippen molar-refractivity contribution in [3.05, 3.63) is 70.8 Å². The first kappa shape index (κ1) is 28.1. The largest absolute Gasteiger partial charge is 0.489 e. The molecule has 0 bridgehead atoms. The van der Waals surface area contributed by atoms with E-state index in [0.29, 0.717) is 5.75 Å². The molecule has 0 aliphatic rings. The third-order valence-electron chi connectivity index (χ3n) is 6.45. The lowest BCUT2D eigenvalue weighted by Crippen LogP contribution is -2.26. The molecule has 0 atom stereocenters. The fourth-order valence-electron chi connectivity index (χ4n) is 3.88. The Kier molecular flexibility index (Phi) is 11.0. The quantitative estimate of drug-likeness (QED) is 0.264. The SMILES string of the molecule is CCC(O)(CC)CCCC/C=C(/C)c1cccc(OCc2ccc(C(=O)OC)c(C(=O)OC)c2)c1. The summed E-state index contributed by atoms with van der Waals surface area (Å²) >= 11 is 0. The maximum Gasteiger partial charge on any atom is 0.338 e. The van der Waals surface area contributed by atoms with Crippen LogP contribution in [-0.4, -0.2) is 36.9 Å². The normalized spacial score (nSPS) is 11.8. The zero-order valence-corrected chi connectivity index (χ0v) is 21.6. The molecule has 0 unspecified atom stereocenters. The van der Waals surface area contributed by atoms with Crippen LogP contribution in [0, 0.1) is 0 Å². The molecule has 190 valence electrons. The summed E-state index contributed by atoms with van der Waals surface area (Å²) < 4.78 is 15.5. The predicted molar refractivity (Wildman–Crippen MR) is 138 cm³/mol. The van der Waals surface area contributed by atoms with Crippen molar-refractivity contribution in [3.8, 4) is 5.75 Å². The summed E-state index contributed by atoms with van der Waals surface area (Å²) in [4.78, 5) is 24.1. The molecule has 2 aromatic rings. The number of hydrogen-bond donors (Lipinski definition) is 1. The topological polar surface area (TPSA) is 82.1 Å². The van der Waals surface area contributed by atoms with Crippen molar-refractivity contribution >= 4 is 17.5 Å². The molecule has 35 heavy (non-hydrogen) atoms. The van der Waals surface area contributed by atoms with Crippen LogP contribution >= 0.6 is 0 Å². The first-order valence-electron chi connectivity index (χ1n) is 12.2. The lowest BCUT2D eigenvalue weighted by molar-refractivity contribution is 0.0213. The Morgan fingerprint density at radius 2 is 1.63 bits per heavy atom. The van der Waals surface area contributed by atoms with Gasteiger partial charge in [0, 0.05) is 0 Å². The maximum absolute atomic E-state index is 12.1. The number of ether oxygens (including phenoxy) is 3. The molecule has 0 aliphatic carbocycles. The molecule has 0 amide bonds. The molecule has 2 rings (SSSR count). The molecule has 0 aliphatic heterocycles. The fourth-order valence-corrected chi connectivity index (χ4v) is 3.88. The number of hydrogen-bond acceptors (Lipinski definition) is 6. The standard InChI is InChI=1S/C29H38O6/c1-6-29(32,7-2)17-10-8-9-12-21(3)23-13-11-14-24(19-23)35-20-22-15-16-25(27(30)33-4)26(18-22)28(31)34-5/h11-16,18-19,32H,6-10,17,20H2,1-5H3/b21-12-. The Balaban J connectivity index is 2.00. The second kappa shape index (κ2) is 13.7. The van der Waals surface area contributed by atoms with E-state index in [1.54, 1.807) is 18.2 Å². The first-order valence-corrected chi connectivity index (χ1v) is 12.2. The highest BCUT2D eigenvalue weighted by Gasteiger charge is 2.21. The number of methoxy groups -OCH3 is 2. The van der Waals surface area contributed by atoms with Gasteiger partial charge in [-0.1, -0.05) is 44.5 Å². The summed E-state index contributed by atoms with van der Waals surface area (Å²) in [6.07, 6.45) is 7.67. The number of benzene rings is 2. The smallest absolute Gasteiger partial charge is 0.338 e. The van der Waals surface area contributed by atoms with Crippen molar-refractivity contribution in [2.24, 2.45) is 0 Å². The van der Waals surface area contributed by atoms with E-state index in [-0.39, 0.29) is 17.7 Å². The van der Waals surface area contributed by atoms with Crippen molar-refractivity contribution in [1.29, 1.82) is 0 Å². The van der Waals surface area contributed by atoms with Gasteiger partial charge >= 0.3 is 11.9 Å². The number of aliphatic hydroxyl groups is 1. The first-order chi connectivity index (χ1) is 16.8. The number of esters is 2. The van der Waals surface area contributed by atoms with Crippen LogP contribution in [0.25, 0.3) is 5.57 Å². The van der Waals surface area contributed by atoms with E-state index in [0.717, 1.165) is 49.7 Å². The third-order valence-corrected chi connectivity index (χ3v) is 6.45. The molecule has 1 N–H and O–H groups in total. The summed E-state index contributed by atoms with van der Waals surface area (Å²) in [5.74, 6) is -0.494. The highest BCUT2D eigenvalue weighted by atomic mass is 16.5. The van der Waals surface area contributed by atoms with Crippen LogP contribution in [0.15, 0.2) is 48.5 Å². The van der Waals surface area contributed by atoms with Gasteiger partial charge in [-0.25, -0.2) is 9.59 Å². The molecule has 6 nitrogen and oxygen atoms in total. The number of allylic oxidation sites excluding steroid dienone is 2. The third kappa shape index (κ3) is 8.25. The van der Waals surface area contributed by atoms with E-state index < -0.39 is 17.5 Å². The van der Waals surface area contributed by atoms with Crippen molar-refractivity contribution < 1.29 is 28.9 Å². The Morgan fingerprint density at radius 3 is 2.29 bits per heavy atom. The molecule has 6 heteroatoms. The predicted octanol–water partition coefficient (Wildman–Crippen LogP) is 6.35. The average molecular weight is 483 g/mol.